The molecule has 0 saturated carbocycles. The Morgan fingerprint density at radius 3 is 2.53 bits per heavy atom. The van der Waals surface area contributed by atoms with Crippen LogP contribution in [0.4, 0.5) is 14.5 Å². The maximum absolute atomic E-state index is 15.2. The number of hydrogen-bond acceptors (Lipinski definition) is 8. The fourth-order valence-corrected chi connectivity index (χ4v) is 5.16. The molecular weight excluding hydrogens is 560 g/mol. The maximum Gasteiger partial charge on any atom is 0.335 e. The highest BCUT2D eigenvalue weighted by molar-refractivity contribution is 6.03. The number of halogens is 2. The number of hydrogen-bond donors (Lipinski definition) is 2. The molecule has 1 saturated heterocycles. The fraction of sp³-hybridized carbons (Fsp3) is 0.300. The SMILES string of the molecule is CC(C)n1cc(C(=O)Nc2ccc(Oc3ncnc4c3CCN(C3CNC3)C4)c(F)c2)c(=O)n(-c2ccc(F)cc2)c1=O. The van der Waals surface area contributed by atoms with Gasteiger partial charge in [0.05, 0.1) is 11.4 Å². The molecule has 0 unspecified atom stereocenters. The van der Waals surface area contributed by atoms with Crippen molar-refractivity contribution >= 4 is 11.6 Å². The van der Waals surface area contributed by atoms with Gasteiger partial charge in [0.15, 0.2) is 11.6 Å². The molecule has 2 aliphatic rings. The van der Waals surface area contributed by atoms with Crippen molar-refractivity contribution in [1.82, 2.24) is 29.3 Å². The van der Waals surface area contributed by atoms with E-state index < -0.39 is 34.8 Å². The van der Waals surface area contributed by atoms with Gasteiger partial charge in [-0.25, -0.2) is 28.1 Å². The van der Waals surface area contributed by atoms with E-state index in [4.69, 9.17) is 4.74 Å². The Labute approximate surface area is 244 Å². The predicted molar refractivity (Wildman–Crippen MR) is 154 cm³/mol. The molecule has 43 heavy (non-hydrogen) atoms. The Morgan fingerprint density at radius 2 is 1.86 bits per heavy atom. The van der Waals surface area contributed by atoms with Gasteiger partial charge in [-0.3, -0.25) is 19.1 Å². The number of benzene rings is 2. The average Bonchev–Trinajstić information content (AvgIpc) is 2.94. The molecule has 0 atom stereocenters. The second-order valence-corrected chi connectivity index (χ2v) is 10.8. The van der Waals surface area contributed by atoms with Gasteiger partial charge in [-0.1, -0.05) is 0 Å². The lowest BCUT2D eigenvalue weighted by molar-refractivity contribution is 0.102. The van der Waals surface area contributed by atoms with Crippen molar-refractivity contribution in [3.8, 4) is 17.3 Å². The van der Waals surface area contributed by atoms with Gasteiger partial charge in [0.1, 0.15) is 17.7 Å². The number of aromatic nitrogens is 4. The molecule has 2 aromatic heterocycles. The highest BCUT2D eigenvalue weighted by Crippen LogP contribution is 2.31. The average molecular weight is 590 g/mol. The zero-order valence-electron chi connectivity index (χ0n) is 23.5. The molecule has 1 amide bonds. The second-order valence-electron chi connectivity index (χ2n) is 10.8. The number of nitrogens with one attached hydrogen (secondary N) is 2. The van der Waals surface area contributed by atoms with Gasteiger partial charge >= 0.3 is 5.69 Å². The molecule has 13 heteroatoms. The molecule has 4 heterocycles. The standard InChI is InChI=1S/C30H29F2N7O4/c1-17(2)38-14-23(29(41)39(30(38)42)20-6-3-18(31)4-7-20)27(40)36-19-5-8-26(24(32)11-19)43-28-22-9-10-37(21-12-33-13-21)15-25(22)34-16-35-28/h3-8,11,14,16-17,21,33H,9-10,12-13,15H2,1-2H3,(H,36,40). The number of ether oxygens (including phenoxy) is 1. The lowest BCUT2D eigenvalue weighted by Crippen LogP contribution is -2.58. The van der Waals surface area contributed by atoms with Crippen molar-refractivity contribution in [1.29, 1.82) is 0 Å². The molecule has 2 N–H and O–H groups in total. The first kappa shape index (κ1) is 28.4. The first-order chi connectivity index (χ1) is 20.7. The molecule has 6 rings (SSSR count). The van der Waals surface area contributed by atoms with Crippen molar-refractivity contribution < 1.29 is 18.3 Å². The Kier molecular flexibility index (Phi) is 7.59. The van der Waals surface area contributed by atoms with E-state index in [0.29, 0.717) is 19.0 Å². The topological polar surface area (TPSA) is 123 Å². The van der Waals surface area contributed by atoms with Crippen LogP contribution in [0.15, 0.2) is 64.6 Å². The van der Waals surface area contributed by atoms with E-state index in [1.165, 1.54) is 41.4 Å². The number of fused-ring (bicyclic) bond motifs is 1. The third kappa shape index (κ3) is 5.56. The fourth-order valence-electron chi connectivity index (χ4n) is 5.16. The molecule has 0 aliphatic carbocycles. The van der Waals surface area contributed by atoms with Crippen molar-refractivity contribution in [3.05, 3.63) is 104 Å². The van der Waals surface area contributed by atoms with E-state index in [2.05, 4.69) is 25.5 Å². The monoisotopic (exact) mass is 589 g/mol. The highest BCUT2D eigenvalue weighted by Gasteiger charge is 2.30. The molecule has 0 bridgehead atoms. The minimum absolute atomic E-state index is 0.0688. The van der Waals surface area contributed by atoms with Crippen LogP contribution in [0.1, 0.15) is 41.5 Å². The Morgan fingerprint density at radius 1 is 1.09 bits per heavy atom. The zero-order valence-corrected chi connectivity index (χ0v) is 23.5. The van der Waals surface area contributed by atoms with E-state index in [9.17, 15) is 18.8 Å². The summed E-state index contributed by atoms with van der Waals surface area (Å²) in [5.41, 5.74) is -0.0748. The van der Waals surface area contributed by atoms with Crippen LogP contribution < -0.4 is 26.6 Å². The molecule has 4 aromatic rings. The van der Waals surface area contributed by atoms with E-state index in [0.717, 1.165) is 53.7 Å². The lowest BCUT2D eigenvalue weighted by atomic mass is 10.0. The lowest BCUT2D eigenvalue weighted by Gasteiger charge is -2.40. The van der Waals surface area contributed by atoms with Gasteiger partial charge in [-0.2, -0.15) is 0 Å². The summed E-state index contributed by atoms with van der Waals surface area (Å²) in [7, 11) is 0. The van der Waals surface area contributed by atoms with Crippen molar-refractivity contribution in [3.63, 3.8) is 0 Å². The summed E-state index contributed by atoms with van der Waals surface area (Å²) in [6.45, 7) is 6.82. The van der Waals surface area contributed by atoms with Crippen LogP contribution in [0.2, 0.25) is 0 Å². The van der Waals surface area contributed by atoms with Crippen molar-refractivity contribution in [2.45, 2.75) is 38.9 Å². The molecule has 11 nitrogen and oxygen atoms in total. The third-order valence-electron chi connectivity index (χ3n) is 7.67. The van der Waals surface area contributed by atoms with Crippen molar-refractivity contribution in [2.75, 3.05) is 25.0 Å². The number of carbonyl (C=O) groups is 1. The van der Waals surface area contributed by atoms with Gasteiger partial charge < -0.3 is 15.4 Å². The van der Waals surface area contributed by atoms with E-state index in [1.54, 1.807) is 13.8 Å². The van der Waals surface area contributed by atoms with E-state index in [-0.39, 0.29) is 28.6 Å². The molecule has 1 fully saturated rings. The summed E-state index contributed by atoms with van der Waals surface area (Å²) in [5.74, 6) is -1.95. The maximum atomic E-state index is 15.2. The number of carbonyl (C=O) groups excluding carboxylic acids is 1. The Balaban J connectivity index is 1.23. The van der Waals surface area contributed by atoms with Crippen LogP contribution in [0.3, 0.4) is 0 Å². The highest BCUT2D eigenvalue weighted by atomic mass is 19.1. The molecule has 2 aromatic carbocycles. The smallest absolute Gasteiger partial charge is 0.335 e. The summed E-state index contributed by atoms with van der Waals surface area (Å²) >= 11 is 0. The zero-order chi connectivity index (χ0) is 30.2. The van der Waals surface area contributed by atoms with Gasteiger partial charge in [-0.05, 0) is 56.7 Å². The van der Waals surface area contributed by atoms with Gasteiger partial charge in [-0.15, -0.1) is 0 Å². The van der Waals surface area contributed by atoms with Gasteiger partial charge in [0, 0.05) is 61.8 Å². The number of rotatable bonds is 7. The Hall–Kier alpha value is -4.75. The van der Waals surface area contributed by atoms with Crippen molar-refractivity contribution in [2.24, 2.45) is 0 Å². The van der Waals surface area contributed by atoms with Crippen LogP contribution in [0.25, 0.3) is 5.69 Å². The number of amides is 1. The van der Waals surface area contributed by atoms with Crippen LogP contribution in [-0.2, 0) is 13.0 Å². The van der Waals surface area contributed by atoms with E-state index in [1.807, 2.05) is 0 Å². The second kappa shape index (κ2) is 11.5. The number of anilines is 1. The largest absolute Gasteiger partial charge is 0.436 e. The van der Waals surface area contributed by atoms with Crippen LogP contribution >= 0.6 is 0 Å². The van der Waals surface area contributed by atoms with Gasteiger partial charge in [0.25, 0.3) is 11.5 Å². The molecule has 2 aliphatic heterocycles. The predicted octanol–water partition coefficient (Wildman–Crippen LogP) is 3.02. The summed E-state index contributed by atoms with van der Waals surface area (Å²) in [6.07, 6.45) is 3.24. The minimum atomic E-state index is -0.896. The summed E-state index contributed by atoms with van der Waals surface area (Å²) in [5, 5.41) is 5.79. The van der Waals surface area contributed by atoms with Crippen LogP contribution in [-0.4, -0.2) is 55.6 Å². The van der Waals surface area contributed by atoms with E-state index >= 15 is 4.39 Å². The molecule has 0 spiro atoms. The normalized spacial score (nSPS) is 15.2. The summed E-state index contributed by atoms with van der Waals surface area (Å²) < 4.78 is 36.5. The quantitative estimate of drug-likeness (QED) is 0.337. The summed E-state index contributed by atoms with van der Waals surface area (Å²) in [4.78, 5) is 50.6. The first-order valence-electron chi connectivity index (χ1n) is 13.9. The van der Waals surface area contributed by atoms with Crippen LogP contribution in [0, 0.1) is 11.6 Å². The first-order valence-corrected chi connectivity index (χ1v) is 13.9. The molecular formula is C30H29F2N7O4. The molecule has 222 valence electrons. The summed E-state index contributed by atoms with van der Waals surface area (Å²) in [6, 6.07) is 8.72. The molecule has 0 radical (unpaired) electrons. The third-order valence-corrected chi connectivity index (χ3v) is 7.67. The Bertz CT molecular complexity index is 1820. The number of nitrogens with zero attached hydrogens (tertiary/aromatic N) is 5. The minimum Gasteiger partial charge on any atom is -0.436 e. The van der Waals surface area contributed by atoms with Gasteiger partial charge in [0.2, 0.25) is 5.88 Å². The van der Waals surface area contributed by atoms with Crippen LogP contribution in [0.5, 0.6) is 11.6 Å².